The van der Waals surface area contributed by atoms with Crippen LogP contribution in [-0.2, 0) is 9.59 Å². The maximum Gasteiger partial charge on any atom is 0.229 e. The van der Waals surface area contributed by atoms with Crippen molar-refractivity contribution in [2.45, 2.75) is 71.9 Å². The van der Waals surface area contributed by atoms with E-state index in [1.54, 1.807) is 0 Å². The van der Waals surface area contributed by atoms with E-state index in [4.69, 9.17) is 0 Å². The van der Waals surface area contributed by atoms with Gasteiger partial charge >= 0.3 is 0 Å². The first-order valence-corrected chi connectivity index (χ1v) is 10.2. The van der Waals surface area contributed by atoms with Crippen molar-refractivity contribution < 1.29 is 9.59 Å². The first kappa shape index (κ1) is 18.7. The molecule has 0 bridgehead atoms. The van der Waals surface area contributed by atoms with Gasteiger partial charge in [-0.2, -0.15) is 0 Å². The Morgan fingerprint density at radius 2 is 1.48 bits per heavy atom. The van der Waals surface area contributed by atoms with Gasteiger partial charge in [-0.25, -0.2) is 0 Å². The van der Waals surface area contributed by atoms with Crippen molar-refractivity contribution in [3.8, 4) is 0 Å². The third kappa shape index (κ3) is 3.57. The third-order valence-corrected chi connectivity index (χ3v) is 6.81. The summed E-state index contributed by atoms with van der Waals surface area (Å²) in [6.45, 7) is 13.1. The van der Waals surface area contributed by atoms with Crippen LogP contribution in [0.15, 0.2) is 0 Å². The number of nitrogens with zero attached hydrogens (tertiary/aromatic N) is 3. The molecule has 1 spiro atoms. The zero-order chi connectivity index (χ0) is 18.2. The Balaban J connectivity index is 1.53. The summed E-state index contributed by atoms with van der Waals surface area (Å²) in [4.78, 5) is 32.3. The van der Waals surface area contributed by atoms with Crippen LogP contribution in [0.2, 0.25) is 0 Å². The molecule has 0 unspecified atom stereocenters. The maximum absolute atomic E-state index is 12.9. The van der Waals surface area contributed by atoms with Gasteiger partial charge < -0.3 is 14.7 Å². The van der Waals surface area contributed by atoms with Crippen molar-refractivity contribution in [3.05, 3.63) is 0 Å². The Bertz CT molecular complexity index is 501. The van der Waals surface area contributed by atoms with Crippen molar-refractivity contribution in [1.29, 1.82) is 0 Å². The van der Waals surface area contributed by atoms with Crippen molar-refractivity contribution in [2.75, 3.05) is 32.7 Å². The largest absolute Gasteiger partial charge is 0.342 e. The summed E-state index contributed by atoms with van der Waals surface area (Å²) in [7, 11) is 0. The molecule has 3 rings (SSSR count). The molecule has 25 heavy (non-hydrogen) atoms. The Kier molecular flexibility index (Phi) is 5.42. The van der Waals surface area contributed by atoms with E-state index in [2.05, 4.69) is 32.6 Å². The van der Waals surface area contributed by atoms with Crippen LogP contribution in [0.25, 0.3) is 0 Å². The average molecular weight is 350 g/mol. The second-order valence-electron chi connectivity index (χ2n) is 8.85. The molecule has 0 aromatic carbocycles. The highest BCUT2D eigenvalue weighted by molar-refractivity contribution is 5.86. The normalized spacial score (nSPS) is 25.6. The number of hydrogen-bond acceptors (Lipinski definition) is 3. The molecule has 3 fully saturated rings. The van der Waals surface area contributed by atoms with Gasteiger partial charge in [-0.15, -0.1) is 0 Å². The molecule has 0 aliphatic carbocycles. The van der Waals surface area contributed by atoms with Crippen molar-refractivity contribution in [1.82, 2.24) is 14.7 Å². The number of carbonyl (C=O) groups excluding carboxylic acids is 2. The van der Waals surface area contributed by atoms with Crippen LogP contribution >= 0.6 is 0 Å². The molecule has 3 heterocycles. The number of rotatable bonds is 3. The number of amides is 2. The lowest BCUT2D eigenvalue weighted by atomic mass is 9.76. The minimum atomic E-state index is -0.179. The van der Waals surface area contributed by atoms with Gasteiger partial charge in [0, 0.05) is 37.6 Å². The van der Waals surface area contributed by atoms with Gasteiger partial charge in [0.1, 0.15) is 0 Å². The predicted molar refractivity (Wildman–Crippen MR) is 99.1 cm³/mol. The van der Waals surface area contributed by atoms with Crippen LogP contribution in [0.4, 0.5) is 0 Å². The highest BCUT2D eigenvalue weighted by atomic mass is 16.2. The van der Waals surface area contributed by atoms with Crippen LogP contribution in [-0.4, -0.2) is 71.3 Å². The lowest BCUT2D eigenvalue weighted by Gasteiger charge is -2.41. The van der Waals surface area contributed by atoms with E-state index in [0.717, 1.165) is 64.8 Å². The predicted octanol–water partition coefficient (Wildman–Crippen LogP) is 2.36. The Labute approximate surface area is 152 Å². The minimum absolute atomic E-state index is 0.179. The maximum atomic E-state index is 12.9. The van der Waals surface area contributed by atoms with Gasteiger partial charge in [-0.1, -0.05) is 0 Å². The molecular formula is C20H35N3O2. The van der Waals surface area contributed by atoms with Gasteiger partial charge in [0.05, 0.1) is 5.41 Å². The zero-order valence-corrected chi connectivity index (χ0v) is 16.5. The zero-order valence-electron chi connectivity index (χ0n) is 16.5. The van der Waals surface area contributed by atoms with Gasteiger partial charge in [0.25, 0.3) is 0 Å². The molecule has 0 N–H and O–H groups in total. The summed E-state index contributed by atoms with van der Waals surface area (Å²) in [6.07, 6.45) is 4.65. The molecule has 3 aliphatic heterocycles. The molecule has 0 saturated carbocycles. The Morgan fingerprint density at radius 3 is 1.96 bits per heavy atom. The first-order chi connectivity index (χ1) is 11.8. The van der Waals surface area contributed by atoms with Crippen molar-refractivity contribution in [3.63, 3.8) is 0 Å². The van der Waals surface area contributed by atoms with Crippen LogP contribution in [0.1, 0.15) is 59.8 Å². The molecule has 3 aliphatic rings. The highest BCUT2D eigenvalue weighted by Gasteiger charge is 2.49. The fourth-order valence-electron chi connectivity index (χ4n) is 4.88. The molecule has 0 radical (unpaired) electrons. The van der Waals surface area contributed by atoms with Crippen LogP contribution in [0.3, 0.4) is 0 Å². The monoisotopic (exact) mass is 349 g/mol. The van der Waals surface area contributed by atoms with Crippen molar-refractivity contribution >= 4 is 11.8 Å². The van der Waals surface area contributed by atoms with E-state index >= 15 is 0 Å². The van der Waals surface area contributed by atoms with E-state index in [-0.39, 0.29) is 17.4 Å². The molecule has 0 aromatic heterocycles. The van der Waals surface area contributed by atoms with E-state index in [9.17, 15) is 9.59 Å². The van der Waals surface area contributed by atoms with Crippen LogP contribution in [0, 0.1) is 11.3 Å². The molecule has 0 aromatic rings. The Morgan fingerprint density at radius 1 is 0.920 bits per heavy atom. The molecule has 3 saturated heterocycles. The first-order valence-electron chi connectivity index (χ1n) is 10.2. The summed E-state index contributed by atoms with van der Waals surface area (Å²) in [5.41, 5.74) is -0.179. The summed E-state index contributed by atoms with van der Waals surface area (Å²) in [5, 5.41) is 0. The molecule has 5 heteroatoms. The quantitative estimate of drug-likeness (QED) is 0.786. The fourth-order valence-corrected chi connectivity index (χ4v) is 4.88. The SMILES string of the molecule is CC(C)N1CCC(C(=O)N2CCC3(CC2)CCN(C(C)C)C3=O)CC1. The third-order valence-electron chi connectivity index (χ3n) is 6.81. The standard InChI is InChI=1S/C20H35N3O2/c1-15(2)21-10-5-17(6-11-21)18(24)22-12-7-20(8-13-22)9-14-23(16(3)4)19(20)25/h15-17H,5-14H2,1-4H3. The number of hydrogen-bond donors (Lipinski definition) is 0. The highest BCUT2D eigenvalue weighted by Crippen LogP contribution is 2.42. The summed E-state index contributed by atoms with van der Waals surface area (Å²) in [6, 6.07) is 0.862. The van der Waals surface area contributed by atoms with E-state index in [1.807, 2.05) is 9.80 Å². The van der Waals surface area contributed by atoms with Crippen LogP contribution in [0.5, 0.6) is 0 Å². The fraction of sp³-hybridized carbons (Fsp3) is 0.900. The molecule has 2 amide bonds. The number of piperidine rings is 2. The van der Waals surface area contributed by atoms with E-state index < -0.39 is 0 Å². The van der Waals surface area contributed by atoms with Crippen molar-refractivity contribution in [2.24, 2.45) is 11.3 Å². The summed E-state index contributed by atoms with van der Waals surface area (Å²) in [5.74, 6) is 0.861. The minimum Gasteiger partial charge on any atom is -0.342 e. The van der Waals surface area contributed by atoms with Gasteiger partial charge in [-0.3, -0.25) is 9.59 Å². The van der Waals surface area contributed by atoms with Gasteiger partial charge in [-0.05, 0) is 72.9 Å². The topological polar surface area (TPSA) is 43.9 Å². The Hall–Kier alpha value is -1.10. The van der Waals surface area contributed by atoms with E-state index in [1.165, 1.54) is 0 Å². The lowest BCUT2D eigenvalue weighted by Crippen LogP contribution is -2.50. The summed E-state index contributed by atoms with van der Waals surface area (Å²) < 4.78 is 0. The number of carbonyl (C=O) groups is 2. The average Bonchev–Trinajstić information content (AvgIpc) is 2.92. The molecule has 142 valence electrons. The lowest BCUT2D eigenvalue weighted by molar-refractivity contribution is -0.146. The molecular weight excluding hydrogens is 314 g/mol. The molecule has 5 nitrogen and oxygen atoms in total. The van der Waals surface area contributed by atoms with Gasteiger partial charge in [0.2, 0.25) is 11.8 Å². The van der Waals surface area contributed by atoms with E-state index in [0.29, 0.717) is 17.9 Å². The second kappa shape index (κ2) is 7.26. The number of likely N-dealkylation sites (tertiary alicyclic amines) is 3. The molecule has 0 atom stereocenters. The second-order valence-corrected chi connectivity index (χ2v) is 8.85. The van der Waals surface area contributed by atoms with Gasteiger partial charge in [0.15, 0.2) is 0 Å². The smallest absolute Gasteiger partial charge is 0.229 e. The summed E-state index contributed by atoms with van der Waals surface area (Å²) >= 11 is 0. The van der Waals surface area contributed by atoms with Crippen LogP contribution < -0.4 is 0 Å².